The Kier molecular flexibility index (Phi) is 4.20. The van der Waals surface area contributed by atoms with E-state index in [4.69, 9.17) is 0 Å². The molecule has 2 amide bonds. The number of carbonyl (C=O) groups excluding carboxylic acids is 1. The Balaban J connectivity index is 1.40. The predicted molar refractivity (Wildman–Crippen MR) is 80.2 cm³/mol. The maximum atomic E-state index is 11.8. The minimum absolute atomic E-state index is 0.0436. The first-order valence-electron chi connectivity index (χ1n) is 7.27. The van der Waals surface area contributed by atoms with E-state index in [1.54, 1.807) is 11.3 Å². The van der Waals surface area contributed by atoms with Gasteiger partial charge in [0.15, 0.2) is 4.96 Å². The monoisotopic (exact) mass is 292 g/mol. The van der Waals surface area contributed by atoms with Crippen LogP contribution in [0.4, 0.5) is 4.79 Å². The molecule has 20 heavy (non-hydrogen) atoms. The molecule has 2 N–H and O–H groups in total. The Morgan fingerprint density at radius 3 is 3.05 bits per heavy atom. The van der Waals surface area contributed by atoms with Crippen molar-refractivity contribution in [3.63, 3.8) is 0 Å². The summed E-state index contributed by atoms with van der Waals surface area (Å²) in [6.07, 6.45) is 10.8. The molecular weight excluding hydrogens is 272 g/mol. The number of hydrogen-bond acceptors (Lipinski definition) is 3. The van der Waals surface area contributed by atoms with Gasteiger partial charge >= 0.3 is 6.03 Å². The van der Waals surface area contributed by atoms with Crippen molar-refractivity contribution in [1.29, 1.82) is 0 Å². The van der Waals surface area contributed by atoms with Crippen LogP contribution in [0, 0.1) is 0 Å². The molecule has 0 aromatic carbocycles. The lowest BCUT2D eigenvalue weighted by atomic mass is 9.96. The molecule has 0 saturated heterocycles. The second-order valence-corrected chi connectivity index (χ2v) is 6.18. The summed E-state index contributed by atoms with van der Waals surface area (Å²) in [6, 6.07) is 0.319. The van der Waals surface area contributed by atoms with Crippen molar-refractivity contribution in [1.82, 2.24) is 20.0 Å². The third-order valence-electron chi connectivity index (χ3n) is 3.75. The van der Waals surface area contributed by atoms with Gasteiger partial charge in [0.2, 0.25) is 0 Å². The van der Waals surface area contributed by atoms with E-state index in [1.807, 2.05) is 22.2 Å². The zero-order chi connectivity index (χ0) is 13.8. The van der Waals surface area contributed by atoms with Crippen molar-refractivity contribution >= 4 is 22.3 Å². The van der Waals surface area contributed by atoms with Crippen LogP contribution in [0.2, 0.25) is 0 Å². The summed E-state index contributed by atoms with van der Waals surface area (Å²) in [6.45, 7) is 0.628. The maximum absolute atomic E-state index is 11.8. The van der Waals surface area contributed by atoms with Crippen LogP contribution in [0.5, 0.6) is 0 Å². The number of nitrogens with one attached hydrogen (secondary N) is 2. The second kappa shape index (κ2) is 6.26. The van der Waals surface area contributed by atoms with Gasteiger partial charge < -0.3 is 10.6 Å². The van der Waals surface area contributed by atoms with E-state index in [2.05, 4.69) is 15.6 Å². The summed E-state index contributed by atoms with van der Waals surface area (Å²) in [7, 11) is 0. The standard InChI is InChI=1S/C14H20N4OS/c19-13(16-11-4-2-1-3-5-11)15-7-6-12-10-18-8-9-20-14(18)17-12/h8-11H,1-7H2,(H2,15,16,19). The van der Waals surface area contributed by atoms with Crippen molar-refractivity contribution < 1.29 is 4.79 Å². The van der Waals surface area contributed by atoms with Crippen molar-refractivity contribution in [3.8, 4) is 0 Å². The van der Waals surface area contributed by atoms with Gasteiger partial charge in [-0.25, -0.2) is 9.78 Å². The number of fused-ring (bicyclic) bond motifs is 1. The molecule has 0 bridgehead atoms. The van der Waals surface area contributed by atoms with Gasteiger partial charge in [0.25, 0.3) is 0 Å². The Morgan fingerprint density at radius 2 is 2.25 bits per heavy atom. The molecule has 2 aromatic heterocycles. The number of rotatable bonds is 4. The largest absolute Gasteiger partial charge is 0.338 e. The molecule has 0 radical (unpaired) electrons. The Hall–Kier alpha value is -1.56. The van der Waals surface area contributed by atoms with Crippen LogP contribution in [0.1, 0.15) is 37.8 Å². The van der Waals surface area contributed by atoms with Crippen LogP contribution in [0.15, 0.2) is 17.8 Å². The molecule has 0 spiro atoms. The molecule has 1 aliphatic carbocycles. The van der Waals surface area contributed by atoms with E-state index in [-0.39, 0.29) is 6.03 Å². The first kappa shape index (κ1) is 13.4. The number of nitrogens with zero attached hydrogens (tertiary/aromatic N) is 2. The fraction of sp³-hybridized carbons (Fsp3) is 0.571. The highest BCUT2D eigenvalue weighted by Gasteiger charge is 2.15. The van der Waals surface area contributed by atoms with Gasteiger partial charge in [-0.3, -0.25) is 4.40 Å². The molecule has 2 aromatic rings. The van der Waals surface area contributed by atoms with E-state index in [1.165, 1.54) is 19.3 Å². The lowest BCUT2D eigenvalue weighted by Gasteiger charge is -2.22. The van der Waals surface area contributed by atoms with E-state index in [0.29, 0.717) is 12.6 Å². The Morgan fingerprint density at radius 1 is 1.40 bits per heavy atom. The van der Waals surface area contributed by atoms with Gasteiger partial charge in [-0.1, -0.05) is 19.3 Å². The average molecular weight is 292 g/mol. The van der Waals surface area contributed by atoms with Crippen molar-refractivity contribution in [3.05, 3.63) is 23.5 Å². The summed E-state index contributed by atoms with van der Waals surface area (Å²) < 4.78 is 2.02. The van der Waals surface area contributed by atoms with E-state index >= 15 is 0 Å². The highest BCUT2D eigenvalue weighted by Crippen LogP contribution is 2.17. The smallest absolute Gasteiger partial charge is 0.315 e. The summed E-state index contributed by atoms with van der Waals surface area (Å²) in [5.41, 5.74) is 1.02. The van der Waals surface area contributed by atoms with Crippen LogP contribution in [-0.2, 0) is 6.42 Å². The van der Waals surface area contributed by atoms with Gasteiger partial charge in [-0.2, -0.15) is 0 Å². The lowest BCUT2D eigenvalue weighted by molar-refractivity contribution is 0.233. The summed E-state index contributed by atoms with van der Waals surface area (Å²) in [4.78, 5) is 17.3. The summed E-state index contributed by atoms with van der Waals surface area (Å²) in [5, 5.41) is 7.99. The molecule has 3 rings (SSSR count). The number of carbonyl (C=O) groups is 1. The van der Waals surface area contributed by atoms with E-state index in [9.17, 15) is 4.79 Å². The highest BCUT2D eigenvalue weighted by molar-refractivity contribution is 7.15. The van der Waals surface area contributed by atoms with Gasteiger partial charge in [-0.15, -0.1) is 11.3 Å². The minimum Gasteiger partial charge on any atom is -0.338 e. The first-order valence-corrected chi connectivity index (χ1v) is 8.15. The van der Waals surface area contributed by atoms with Crippen molar-refractivity contribution in [2.24, 2.45) is 0 Å². The molecular formula is C14H20N4OS. The SMILES string of the molecule is O=C(NCCc1cn2ccsc2n1)NC1CCCCC1. The van der Waals surface area contributed by atoms with Gasteiger partial charge in [0.1, 0.15) is 0 Å². The maximum Gasteiger partial charge on any atom is 0.315 e. The molecule has 6 heteroatoms. The molecule has 108 valence electrons. The van der Waals surface area contributed by atoms with Crippen molar-refractivity contribution in [2.75, 3.05) is 6.54 Å². The third kappa shape index (κ3) is 3.30. The molecule has 1 saturated carbocycles. The van der Waals surface area contributed by atoms with Gasteiger partial charge in [0.05, 0.1) is 5.69 Å². The molecule has 0 aliphatic heterocycles. The summed E-state index contributed by atoms with van der Waals surface area (Å²) >= 11 is 1.62. The Labute approximate surface area is 122 Å². The molecule has 1 aliphatic rings. The molecule has 5 nitrogen and oxygen atoms in total. The number of hydrogen-bond donors (Lipinski definition) is 2. The minimum atomic E-state index is -0.0436. The summed E-state index contributed by atoms with van der Waals surface area (Å²) in [5.74, 6) is 0. The normalized spacial score (nSPS) is 16.4. The highest BCUT2D eigenvalue weighted by atomic mass is 32.1. The number of thiazole rings is 1. The number of amides is 2. The number of imidazole rings is 1. The number of urea groups is 1. The van der Waals surface area contributed by atoms with Crippen LogP contribution in [-0.4, -0.2) is 28.0 Å². The molecule has 2 heterocycles. The first-order chi connectivity index (χ1) is 9.81. The lowest BCUT2D eigenvalue weighted by Crippen LogP contribution is -2.43. The molecule has 1 fully saturated rings. The number of aromatic nitrogens is 2. The zero-order valence-electron chi connectivity index (χ0n) is 11.5. The van der Waals surface area contributed by atoms with Crippen LogP contribution in [0.3, 0.4) is 0 Å². The topological polar surface area (TPSA) is 58.4 Å². The third-order valence-corrected chi connectivity index (χ3v) is 4.52. The molecule has 0 atom stereocenters. The van der Waals surface area contributed by atoms with Gasteiger partial charge in [0, 0.05) is 36.8 Å². The molecule has 0 unspecified atom stereocenters. The van der Waals surface area contributed by atoms with Gasteiger partial charge in [-0.05, 0) is 12.8 Å². The van der Waals surface area contributed by atoms with E-state index in [0.717, 1.165) is 29.9 Å². The quantitative estimate of drug-likeness (QED) is 0.910. The average Bonchev–Trinajstić information content (AvgIpc) is 3.01. The second-order valence-electron chi connectivity index (χ2n) is 5.31. The van der Waals surface area contributed by atoms with E-state index < -0.39 is 0 Å². The Bertz CT molecular complexity index is 542. The fourth-order valence-electron chi connectivity index (χ4n) is 2.68. The fourth-order valence-corrected chi connectivity index (χ4v) is 3.40. The van der Waals surface area contributed by atoms with Crippen LogP contribution < -0.4 is 10.6 Å². The predicted octanol–water partition coefficient (Wildman–Crippen LogP) is 2.57. The van der Waals surface area contributed by atoms with Crippen LogP contribution in [0.25, 0.3) is 4.96 Å². The van der Waals surface area contributed by atoms with Crippen LogP contribution >= 0.6 is 11.3 Å². The zero-order valence-corrected chi connectivity index (χ0v) is 12.3. The van der Waals surface area contributed by atoms with Crippen molar-refractivity contribution in [2.45, 2.75) is 44.6 Å².